The number of halogens is 1. The molecule has 0 fully saturated rings. The highest BCUT2D eigenvalue weighted by Crippen LogP contribution is 2.15. The summed E-state index contributed by atoms with van der Waals surface area (Å²) in [5.41, 5.74) is 6.27. The van der Waals surface area contributed by atoms with E-state index in [1.165, 1.54) is 0 Å². The van der Waals surface area contributed by atoms with Gasteiger partial charge in [0.05, 0.1) is 0 Å². The molecule has 0 radical (unpaired) electrons. The number of hydrogen-bond donors (Lipinski definition) is 2. The molecule has 0 aromatic carbocycles. The minimum Gasteiger partial charge on any atom is -0.399 e. The lowest BCUT2D eigenvalue weighted by atomic mass is 10.3. The van der Waals surface area contributed by atoms with E-state index < -0.39 is 0 Å². The Bertz CT molecular complexity index is 488. The Morgan fingerprint density at radius 1 is 1.47 bits per heavy atom. The first kappa shape index (κ1) is 11.7. The summed E-state index contributed by atoms with van der Waals surface area (Å²) in [4.78, 5) is 8.36. The number of nitrogens with two attached hydrogens (primary N) is 1. The standard InChI is InChI=1S/C11H14ClN5/c1-17-5-4-15-11(17)2-3-14-10-7-8(13)6-9(12)16-10/h4-7H,2-3H2,1H3,(H3,13,14,16). The van der Waals surface area contributed by atoms with Crippen LogP contribution in [0.4, 0.5) is 11.5 Å². The Morgan fingerprint density at radius 3 is 2.94 bits per heavy atom. The van der Waals surface area contributed by atoms with E-state index in [9.17, 15) is 0 Å². The SMILES string of the molecule is Cn1ccnc1CCNc1cc(N)cc(Cl)n1. The van der Waals surface area contributed by atoms with Crippen molar-refractivity contribution in [2.75, 3.05) is 17.6 Å². The predicted octanol–water partition coefficient (Wildman–Crippen LogP) is 1.71. The summed E-state index contributed by atoms with van der Waals surface area (Å²) in [7, 11) is 1.97. The van der Waals surface area contributed by atoms with Gasteiger partial charge in [-0.05, 0) is 6.07 Å². The van der Waals surface area contributed by atoms with Crippen LogP contribution in [0.5, 0.6) is 0 Å². The third kappa shape index (κ3) is 3.10. The van der Waals surface area contributed by atoms with E-state index >= 15 is 0 Å². The summed E-state index contributed by atoms with van der Waals surface area (Å²) >= 11 is 5.81. The topological polar surface area (TPSA) is 68.8 Å². The number of pyridine rings is 1. The molecule has 2 aromatic rings. The molecule has 3 N–H and O–H groups in total. The number of hydrogen-bond acceptors (Lipinski definition) is 4. The predicted molar refractivity (Wildman–Crippen MR) is 69.1 cm³/mol. The van der Waals surface area contributed by atoms with Crippen LogP contribution in [-0.2, 0) is 13.5 Å². The smallest absolute Gasteiger partial charge is 0.133 e. The molecule has 0 aliphatic rings. The molecule has 0 spiro atoms. The van der Waals surface area contributed by atoms with Gasteiger partial charge in [-0.15, -0.1) is 0 Å². The largest absolute Gasteiger partial charge is 0.399 e. The first-order valence-corrected chi connectivity index (χ1v) is 5.66. The van der Waals surface area contributed by atoms with Gasteiger partial charge in [-0.3, -0.25) is 0 Å². The van der Waals surface area contributed by atoms with Crippen molar-refractivity contribution in [3.8, 4) is 0 Å². The highest BCUT2D eigenvalue weighted by atomic mass is 35.5. The number of nitrogen functional groups attached to an aromatic ring is 1. The van der Waals surface area contributed by atoms with Crippen LogP contribution in [0.25, 0.3) is 0 Å². The van der Waals surface area contributed by atoms with Crippen LogP contribution in [0.1, 0.15) is 5.82 Å². The summed E-state index contributed by atoms with van der Waals surface area (Å²) in [6.07, 6.45) is 4.52. The van der Waals surface area contributed by atoms with Gasteiger partial charge in [-0.1, -0.05) is 11.6 Å². The van der Waals surface area contributed by atoms with Crippen molar-refractivity contribution in [3.05, 3.63) is 35.5 Å². The average Bonchev–Trinajstić information content (AvgIpc) is 2.63. The van der Waals surface area contributed by atoms with Crippen LogP contribution in [0, 0.1) is 0 Å². The summed E-state index contributed by atoms with van der Waals surface area (Å²) in [5.74, 6) is 1.71. The molecule has 0 saturated heterocycles. The molecule has 0 saturated carbocycles. The van der Waals surface area contributed by atoms with Crippen molar-refractivity contribution in [2.24, 2.45) is 7.05 Å². The number of rotatable bonds is 4. The fraction of sp³-hybridized carbons (Fsp3) is 0.273. The normalized spacial score (nSPS) is 10.5. The zero-order chi connectivity index (χ0) is 12.3. The van der Waals surface area contributed by atoms with Gasteiger partial charge in [0.1, 0.15) is 16.8 Å². The summed E-state index contributed by atoms with van der Waals surface area (Å²) in [6, 6.07) is 3.37. The molecule has 0 bridgehead atoms. The van der Waals surface area contributed by atoms with Crippen molar-refractivity contribution in [1.82, 2.24) is 14.5 Å². The van der Waals surface area contributed by atoms with Crippen LogP contribution in [-0.4, -0.2) is 21.1 Å². The third-order valence-electron chi connectivity index (χ3n) is 2.39. The van der Waals surface area contributed by atoms with Crippen LogP contribution in [0.2, 0.25) is 5.15 Å². The van der Waals surface area contributed by atoms with E-state index in [1.54, 1.807) is 18.3 Å². The monoisotopic (exact) mass is 251 g/mol. The molecule has 6 heteroatoms. The maximum Gasteiger partial charge on any atom is 0.133 e. The Kier molecular flexibility index (Phi) is 3.49. The summed E-state index contributed by atoms with van der Waals surface area (Å²) in [5, 5.41) is 3.56. The Hall–Kier alpha value is -1.75. The molecule has 0 unspecified atom stereocenters. The molecule has 5 nitrogen and oxygen atoms in total. The number of aromatic nitrogens is 3. The Morgan fingerprint density at radius 2 is 2.29 bits per heavy atom. The first-order valence-electron chi connectivity index (χ1n) is 5.28. The lowest BCUT2D eigenvalue weighted by molar-refractivity contribution is 0.788. The lowest BCUT2D eigenvalue weighted by Crippen LogP contribution is -2.09. The Labute approximate surface area is 105 Å². The van der Waals surface area contributed by atoms with Gasteiger partial charge in [0.2, 0.25) is 0 Å². The van der Waals surface area contributed by atoms with Crippen molar-refractivity contribution in [2.45, 2.75) is 6.42 Å². The van der Waals surface area contributed by atoms with Crippen molar-refractivity contribution >= 4 is 23.1 Å². The van der Waals surface area contributed by atoms with Gasteiger partial charge in [-0.2, -0.15) is 0 Å². The van der Waals surface area contributed by atoms with Crippen LogP contribution < -0.4 is 11.1 Å². The maximum atomic E-state index is 5.81. The third-order valence-corrected chi connectivity index (χ3v) is 2.59. The minimum absolute atomic E-state index is 0.393. The fourth-order valence-corrected chi connectivity index (χ4v) is 1.76. The number of anilines is 2. The van der Waals surface area contributed by atoms with Crippen molar-refractivity contribution in [3.63, 3.8) is 0 Å². The van der Waals surface area contributed by atoms with E-state index in [-0.39, 0.29) is 0 Å². The second-order valence-electron chi connectivity index (χ2n) is 3.74. The molecule has 0 amide bonds. The zero-order valence-corrected chi connectivity index (χ0v) is 10.3. The van der Waals surface area contributed by atoms with Gasteiger partial charge in [0.15, 0.2) is 0 Å². The van der Waals surface area contributed by atoms with Gasteiger partial charge >= 0.3 is 0 Å². The molecular formula is C11H14ClN5. The van der Waals surface area contributed by atoms with Crippen LogP contribution >= 0.6 is 11.6 Å². The molecule has 0 aliphatic carbocycles. The van der Waals surface area contributed by atoms with Gasteiger partial charge in [0, 0.05) is 44.2 Å². The number of nitrogens with zero attached hydrogens (tertiary/aromatic N) is 3. The molecule has 17 heavy (non-hydrogen) atoms. The van der Waals surface area contributed by atoms with Crippen LogP contribution in [0.3, 0.4) is 0 Å². The van der Waals surface area contributed by atoms with E-state index in [4.69, 9.17) is 17.3 Å². The van der Waals surface area contributed by atoms with Crippen molar-refractivity contribution < 1.29 is 0 Å². The lowest BCUT2D eigenvalue weighted by Gasteiger charge is -2.06. The highest BCUT2D eigenvalue weighted by molar-refractivity contribution is 6.29. The zero-order valence-electron chi connectivity index (χ0n) is 9.52. The number of imidazole rings is 1. The molecule has 2 rings (SSSR count). The first-order chi connectivity index (χ1) is 8.15. The van der Waals surface area contributed by atoms with Gasteiger partial charge in [0.25, 0.3) is 0 Å². The molecule has 2 aromatic heterocycles. The molecule has 0 aliphatic heterocycles. The van der Waals surface area contributed by atoms with Gasteiger partial charge in [-0.25, -0.2) is 9.97 Å². The number of nitrogens with one attached hydrogen (secondary N) is 1. The molecular weight excluding hydrogens is 238 g/mol. The summed E-state index contributed by atoms with van der Waals surface area (Å²) in [6.45, 7) is 0.734. The fourth-order valence-electron chi connectivity index (χ4n) is 1.55. The van der Waals surface area contributed by atoms with Crippen LogP contribution in [0.15, 0.2) is 24.5 Å². The van der Waals surface area contributed by atoms with E-state index in [1.807, 2.05) is 17.8 Å². The van der Waals surface area contributed by atoms with E-state index in [2.05, 4.69) is 15.3 Å². The second-order valence-corrected chi connectivity index (χ2v) is 4.13. The quantitative estimate of drug-likeness (QED) is 0.812. The molecule has 2 heterocycles. The summed E-state index contributed by atoms with van der Waals surface area (Å²) < 4.78 is 1.99. The maximum absolute atomic E-state index is 5.81. The molecule has 90 valence electrons. The van der Waals surface area contributed by atoms with E-state index in [0.717, 1.165) is 18.8 Å². The van der Waals surface area contributed by atoms with E-state index in [0.29, 0.717) is 16.7 Å². The average molecular weight is 252 g/mol. The molecule has 0 atom stereocenters. The Balaban J connectivity index is 1.92. The highest BCUT2D eigenvalue weighted by Gasteiger charge is 2.01. The minimum atomic E-state index is 0.393. The number of aryl methyl sites for hydroxylation is 1. The van der Waals surface area contributed by atoms with Crippen molar-refractivity contribution in [1.29, 1.82) is 0 Å². The second kappa shape index (κ2) is 5.05. The van der Waals surface area contributed by atoms with Gasteiger partial charge < -0.3 is 15.6 Å².